The number of hydrogen-bond donors (Lipinski definition) is 2. The third-order valence-electron chi connectivity index (χ3n) is 6.73. The van der Waals surface area contributed by atoms with Gasteiger partial charge in [0.2, 0.25) is 17.7 Å². The van der Waals surface area contributed by atoms with Crippen molar-refractivity contribution in [2.45, 2.75) is 33.2 Å². The van der Waals surface area contributed by atoms with Crippen LogP contribution in [0.1, 0.15) is 31.2 Å². The number of unbranched alkanes of at least 4 members (excludes halogenated alkanes) is 1. The average molecular weight is 532 g/mol. The molecule has 0 bridgehead atoms. The fourth-order valence-electron chi connectivity index (χ4n) is 4.66. The summed E-state index contributed by atoms with van der Waals surface area (Å²) in [5.74, 6) is 2.30. The second-order valence-electron chi connectivity index (χ2n) is 9.52. The van der Waals surface area contributed by atoms with Crippen LogP contribution in [0.25, 0.3) is 45.2 Å². The summed E-state index contributed by atoms with van der Waals surface area (Å²) in [6, 6.07) is 25.1. The number of H-pyrrole nitrogens is 1. The Labute approximate surface area is 231 Å². The van der Waals surface area contributed by atoms with Gasteiger partial charge in [-0.2, -0.15) is 5.21 Å². The zero-order valence-corrected chi connectivity index (χ0v) is 22.4. The molecule has 0 aliphatic rings. The Morgan fingerprint density at radius 3 is 2.42 bits per heavy atom. The summed E-state index contributed by atoms with van der Waals surface area (Å²) in [6.07, 6.45) is 3.94. The molecule has 0 saturated heterocycles. The highest BCUT2D eigenvalue weighted by molar-refractivity contribution is 5.84. The molecule has 0 aliphatic heterocycles. The highest BCUT2D eigenvalue weighted by Gasteiger charge is 2.18. The van der Waals surface area contributed by atoms with Crippen molar-refractivity contribution in [2.75, 3.05) is 11.9 Å². The number of tetrazole rings is 1. The number of benzene rings is 3. The Morgan fingerprint density at radius 1 is 0.875 bits per heavy atom. The number of aromatic nitrogens is 8. The van der Waals surface area contributed by atoms with Gasteiger partial charge in [0.15, 0.2) is 0 Å². The molecule has 3 aromatic heterocycles. The van der Waals surface area contributed by atoms with Crippen LogP contribution in [0.3, 0.4) is 0 Å². The van der Waals surface area contributed by atoms with Gasteiger partial charge in [0.25, 0.3) is 5.89 Å². The van der Waals surface area contributed by atoms with E-state index in [0.717, 1.165) is 64.4 Å². The Hall–Kier alpha value is -5.12. The Bertz CT molecular complexity index is 1690. The van der Waals surface area contributed by atoms with Gasteiger partial charge in [-0.25, -0.2) is 4.98 Å². The van der Waals surface area contributed by atoms with Gasteiger partial charge in [-0.3, -0.25) is 0 Å². The summed E-state index contributed by atoms with van der Waals surface area (Å²) in [5.41, 5.74) is 7.14. The number of anilines is 1. The lowest BCUT2D eigenvalue weighted by Crippen LogP contribution is -2.10. The molecule has 0 spiro atoms. The minimum Gasteiger partial charge on any atom is -0.420 e. The molecule has 3 heterocycles. The van der Waals surface area contributed by atoms with Crippen molar-refractivity contribution in [1.29, 1.82) is 0 Å². The highest BCUT2D eigenvalue weighted by atomic mass is 16.4. The van der Waals surface area contributed by atoms with Crippen LogP contribution in [0.2, 0.25) is 0 Å². The van der Waals surface area contributed by atoms with Gasteiger partial charge < -0.3 is 14.3 Å². The fourth-order valence-corrected chi connectivity index (χ4v) is 4.66. The summed E-state index contributed by atoms with van der Waals surface area (Å²) in [5, 5.41) is 26.5. The normalized spacial score (nSPS) is 11.2. The van der Waals surface area contributed by atoms with E-state index in [2.05, 4.69) is 107 Å². The summed E-state index contributed by atoms with van der Waals surface area (Å²) in [7, 11) is 0. The van der Waals surface area contributed by atoms with Crippen molar-refractivity contribution in [3.63, 3.8) is 0 Å². The van der Waals surface area contributed by atoms with Crippen molar-refractivity contribution in [3.05, 3.63) is 90.4 Å². The number of imidazole rings is 1. The molecule has 0 atom stereocenters. The SMILES string of the molecule is CCCCNc1ncc(-c2nnc(C)o2)n1Cc1ccc(-c2cc(-c3ccccc3)ccc2-c2nn[nH]n2)cc1. The minimum absolute atomic E-state index is 0.452. The zero-order chi connectivity index (χ0) is 27.3. The van der Waals surface area contributed by atoms with Gasteiger partial charge in [-0.05, 0) is 51.6 Å². The lowest BCUT2D eigenvalue weighted by molar-refractivity contribution is 0.527. The first kappa shape index (κ1) is 25.2. The lowest BCUT2D eigenvalue weighted by atomic mass is 9.93. The van der Waals surface area contributed by atoms with E-state index in [4.69, 9.17) is 4.42 Å². The molecule has 40 heavy (non-hydrogen) atoms. The van der Waals surface area contributed by atoms with Gasteiger partial charge in [-0.15, -0.1) is 20.4 Å². The summed E-state index contributed by atoms with van der Waals surface area (Å²) in [6.45, 7) is 5.38. The third-order valence-corrected chi connectivity index (χ3v) is 6.73. The standard InChI is InChI=1S/C30H29N9O/c1-3-4-16-31-30-32-18-27(29-36-33-20(2)40-29)39(30)19-21-10-12-23(13-11-21)26-17-24(22-8-6-5-7-9-22)14-15-25(26)28-34-37-38-35-28/h5-15,17-18H,3-4,16,19H2,1-2H3,(H,31,32)(H,34,35,37,38). The third kappa shape index (κ3) is 5.24. The lowest BCUT2D eigenvalue weighted by Gasteiger charge is -2.14. The maximum atomic E-state index is 5.73. The molecule has 0 saturated carbocycles. The van der Waals surface area contributed by atoms with Crippen LogP contribution in [0.4, 0.5) is 5.95 Å². The van der Waals surface area contributed by atoms with E-state index in [9.17, 15) is 0 Å². The topological polar surface area (TPSA) is 123 Å². The van der Waals surface area contributed by atoms with Crippen LogP contribution in [-0.4, -0.2) is 46.9 Å². The van der Waals surface area contributed by atoms with E-state index in [1.165, 1.54) is 0 Å². The molecule has 0 aliphatic carbocycles. The van der Waals surface area contributed by atoms with Crippen LogP contribution in [0, 0.1) is 6.92 Å². The molecule has 200 valence electrons. The first-order valence-corrected chi connectivity index (χ1v) is 13.3. The van der Waals surface area contributed by atoms with E-state index in [1.54, 1.807) is 13.1 Å². The van der Waals surface area contributed by atoms with E-state index in [1.807, 2.05) is 18.2 Å². The number of rotatable bonds is 10. The summed E-state index contributed by atoms with van der Waals surface area (Å²) < 4.78 is 7.81. The second kappa shape index (κ2) is 11.3. The van der Waals surface area contributed by atoms with Crippen LogP contribution >= 0.6 is 0 Å². The first-order chi connectivity index (χ1) is 19.7. The Kier molecular flexibility index (Phi) is 7.12. The van der Waals surface area contributed by atoms with E-state index >= 15 is 0 Å². The van der Waals surface area contributed by atoms with Gasteiger partial charge >= 0.3 is 0 Å². The number of nitrogens with zero attached hydrogens (tertiary/aromatic N) is 7. The molecule has 3 aromatic carbocycles. The zero-order valence-electron chi connectivity index (χ0n) is 22.4. The highest BCUT2D eigenvalue weighted by Crippen LogP contribution is 2.34. The van der Waals surface area contributed by atoms with Crippen molar-refractivity contribution in [2.24, 2.45) is 0 Å². The molecule has 10 nitrogen and oxygen atoms in total. The van der Waals surface area contributed by atoms with Gasteiger partial charge in [0.05, 0.1) is 12.7 Å². The van der Waals surface area contributed by atoms with Crippen molar-refractivity contribution >= 4 is 5.95 Å². The van der Waals surface area contributed by atoms with Gasteiger partial charge in [0, 0.05) is 19.0 Å². The minimum atomic E-state index is 0.452. The Morgan fingerprint density at radius 2 is 1.70 bits per heavy atom. The quantitative estimate of drug-likeness (QED) is 0.206. The van der Waals surface area contributed by atoms with E-state index in [-0.39, 0.29) is 0 Å². The summed E-state index contributed by atoms with van der Waals surface area (Å²) in [4.78, 5) is 4.61. The second-order valence-corrected chi connectivity index (χ2v) is 9.52. The van der Waals surface area contributed by atoms with Gasteiger partial charge in [0.1, 0.15) is 5.69 Å². The van der Waals surface area contributed by atoms with Crippen LogP contribution in [-0.2, 0) is 6.54 Å². The number of nitrogens with one attached hydrogen (secondary N) is 2. The van der Waals surface area contributed by atoms with Gasteiger partial charge in [-0.1, -0.05) is 74.0 Å². The largest absolute Gasteiger partial charge is 0.420 e. The average Bonchev–Trinajstić information content (AvgIpc) is 3.76. The summed E-state index contributed by atoms with van der Waals surface area (Å²) >= 11 is 0. The molecule has 0 amide bonds. The van der Waals surface area contributed by atoms with Crippen molar-refractivity contribution < 1.29 is 4.42 Å². The first-order valence-electron chi connectivity index (χ1n) is 13.3. The molecular weight excluding hydrogens is 502 g/mol. The fraction of sp³-hybridized carbons (Fsp3) is 0.200. The Balaban J connectivity index is 1.34. The van der Waals surface area contributed by atoms with E-state index in [0.29, 0.717) is 24.2 Å². The predicted octanol–water partition coefficient (Wildman–Crippen LogP) is 6.02. The van der Waals surface area contributed by atoms with Crippen molar-refractivity contribution in [1.82, 2.24) is 40.4 Å². The molecule has 2 N–H and O–H groups in total. The molecule has 6 rings (SSSR count). The molecule has 6 aromatic rings. The van der Waals surface area contributed by atoms with Crippen molar-refractivity contribution in [3.8, 4) is 45.2 Å². The van der Waals surface area contributed by atoms with Crippen LogP contribution < -0.4 is 5.32 Å². The number of aromatic amines is 1. The number of aryl methyl sites for hydroxylation is 1. The number of hydrogen-bond acceptors (Lipinski definition) is 8. The molecule has 10 heteroatoms. The van der Waals surface area contributed by atoms with E-state index < -0.39 is 0 Å². The maximum Gasteiger partial charge on any atom is 0.266 e. The molecule has 0 fully saturated rings. The predicted molar refractivity (Wildman–Crippen MR) is 153 cm³/mol. The monoisotopic (exact) mass is 531 g/mol. The maximum absolute atomic E-state index is 5.73. The smallest absolute Gasteiger partial charge is 0.266 e. The molecule has 0 radical (unpaired) electrons. The molecular formula is C30H29N9O. The molecule has 0 unspecified atom stereocenters. The van der Waals surface area contributed by atoms with Crippen LogP contribution in [0.5, 0.6) is 0 Å². The van der Waals surface area contributed by atoms with Crippen LogP contribution in [0.15, 0.2) is 83.4 Å².